The first-order valence-electron chi connectivity index (χ1n) is 11.5. The second-order valence-corrected chi connectivity index (χ2v) is 8.58. The molecule has 1 aliphatic heterocycles. The summed E-state index contributed by atoms with van der Waals surface area (Å²) in [6, 6.07) is 13.2. The van der Waals surface area contributed by atoms with E-state index < -0.39 is 17.6 Å². The number of aryl methyl sites for hydroxylation is 2. The van der Waals surface area contributed by atoms with Crippen molar-refractivity contribution in [1.82, 2.24) is 0 Å². The highest BCUT2D eigenvalue weighted by Crippen LogP contribution is 2.31. The molecule has 35 heavy (non-hydrogen) atoms. The van der Waals surface area contributed by atoms with Gasteiger partial charge in [0.05, 0.1) is 32.0 Å². The van der Waals surface area contributed by atoms with Crippen molar-refractivity contribution in [3.05, 3.63) is 75.3 Å². The number of ether oxygens (including phenoxy) is 3. The molecule has 0 saturated heterocycles. The molecular formula is C27H25NO7. The van der Waals surface area contributed by atoms with E-state index in [1.165, 1.54) is 36.7 Å². The summed E-state index contributed by atoms with van der Waals surface area (Å²) in [5.74, 6) is -1.38. The van der Waals surface area contributed by atoms with Gasteiger partial charge in [-0.1, -0.05) is 18.2 Å². The molecule has 0 fully saturated rings. The van der Waals surface area contributed by atoms with E-state index in [1.807, 2.05) is 12.1 Å². The molecule has 0 N–H and O–H groups in total. The Morgan fingerprint density at radius 3 is 2.46 bits per heavy atom. The molecule has 0 atom stereocenters. The van der Waals surface area contributed by atoms with Crippen LogP contribution < -0.4 is 10.5 Å². The largest absolute Gasteiger partial charge is 0.466 e. The van der Waals surface area contributed by atoms with Crippen LogP contribution in [0, 0.1) is 0 Å². The first kappa shape index (κ1) is 22.9. The molecule has 2 aromatic carbocycles. The summed E-state index contributed by atoms with van der Waals surface area (Å²) in [6.07, 6.45) is 4.45. The zero-order chi connectivity index (χ0) is 24.5. The minimum Gasteiger partial charge on any atom is -0.466 e. The van der Waals surface area contributed by atoms with Gasteiger partial charge in [0.1, 0.15) is 18.0 Å². The Bertz CT molecular complexity index is 1420. The number of esters is 2. The lowest BCUT2D eigenvalue weighted by molar-refractivity contribution is -0.140. The number of anilines is 1. The SMILES string of the molecule is COC(=O)C1=C(C(=O)OC)N(c2ccc3cc(-c4ccc5c(c4)CCCC5)c(=O)oc3c2)COC1. The van der Waals surface area contributed by atoms with Crippen LogP contribution in [-0.4, -0.2) is 39.5 Å². The average molecular weight is 475 g/mol. The molecule has 0 spiro atoms. The lowest BCUT2D eigenvalue weighted by atomic mass is 9.89. The quantitative estimate of drug-likeness (QED) is 0.416. The summed E-state index contributed by atoms with van der Waals surface area (Å²) in [6.45, 7) is -0.0751. The van der Waals surface area contributed by atoms with Crippen LogP contribution in [0.4, 0.5) is 5.69 Å². The number of carbonyl (C=O) groups is 2. The number of methoxy groups -OCH3 is 2. The molecular weight excluding hydrogens is 450 g/mol. The van der Waals surface area contributed by atoms with Crippen molar-refractivity contribution in [2.45, 2.75) is 25.7 Å². The van der Waals surface area contributed by atoms with Gasteiger partial charge in [-0.2, -0.15) is 0 Å². The van der Waals surface area contributed by atoms with Gasteiger partial charge < -0.3 is 23.5 Å². The van der Waals surface area contributed by atoms with E-state index >= 15 is 0 Å². The van der Waals surface area contributed by atoms with Gasteiger partial charge in [0.25, 0.3) is 0 Å². The Morgan fingerprint density at radius 1 is 0.914 bits per heavy atom. The summed E-state index contributed by atoms with van der Waals surface area (Å²) >= 11 is 0. The Morgan fingerprint density at radius 2 is 1.69 bits per heavy atom. The monoisotopic (exact) mass is 475 g/mol. The lowest BCUT2D eigenvalue weighted by Gasteiger charge is -2.31. The number of nitrogens with zero attached hydrogens (tertiary/aromatic N) is 1. The zero-order valence-electron chi connectivity index (χ0n) is 19.6. The average Bonchev–Trinajstić information content (AvgIpc) is 2.90. The van der Waals surface area contributed by atoms with E-state index in [1.54, 1.807) is 18.2 Å². The molecule has 1 aliphatic carbocycles. The van der Waals surface area contributed by atoms with Crippen LogP contribution in [0.1, 0.15) is 24.0 Å². The van der Waals surface area contributed by atoms with Gasteiger partial charge in [0, 0.05) is 17.1 Å². The summed E-state index contributed by atoms with van der Waals surface area (Å²) in [4.78, 5) is 39.2. The molecule has 8 nitrogen and oxygen atoms in total. The van der Waals surface area contributed by atoms with Gasteiger partial charge in [-0.05, 0) is 60.6 Å². The zero-order valence-corrected chi connectivity index (χ0v) is 19.6. The molecule has 3 aromatic rings. The van der Waals surface area contributed by atoms with E-state index in [-0.39, 0.29) is 24.6 Å². The van der Waals surface area contributed by atoms with E-state index in [0.29, 0.717) is 16.8 Å². The maximum atomic E-state index is 12.9. The molecule has 180 valence electrons. The van der Waals surface area contributed by atoms with Crippen molar-refractivity contribution >= 4 is 28.6 Å². The third kappa shape index (κ3) is 4.21. The van der Waals surface area contributed by atoms with Gasteiger partial charge in [-0.25, -0.2) is 14.4 Å². The minimum absolute atomic E-state index is 0.00781. The van der Waals surface area contributed by atoms with Gasteiger partial charge >= 0.3 is 17.6 Å². The maximum Gasteiger partial charge on any atom is 0.355 e. The topological polar surface area (TPSA) is 95.3 Å². The van der Waals surface area contributed by atoms with Gasteiger partial charge in [-0.15, -0.1) is 0 Å². The number of rotatable bonds is 4. The summed E-state index contributed by atoms with van der Waals surface area (Å²) in [5, 5.41) is 0.732. The fourth-order valence-electron chi connectivity index (χ4n) is 4.72. The number of hydrogen-bond donors (Lipinski definition) is 0. The number of fused-ring (bicyclic) bond motifs is 2. The second-order valence-electron chi connectivity index (χ2n) is 8.58. The van der Waals surface area contributed by atoms with Crippen molar-refractivity contribution in [3.63, 3.8) is 0 Å². The Hall–Kier alpha value is -3.91. The van der Waals surface area contributed by atoms with Crippen molar-refractivity contribution in [1.29, 1.82) is 0 Å². The molecule has 0 amide bonds. The molecule has 0 saturated carbocycles. The standard InChI is InChI=1S/C27H25NO7/c1-32-25(29)22-14-34-15-28(24(22)27(31)33-2)20-10-9-19-12-21(26(30)35-23(19)13-20)18-8-7-16-5-3-4-6-17(16)11-18/h7-13H,3-6,14-15H2,1-2H3. The molecule has 1 aromatic heterocycles. The van der Waals surface area contributed by atoms with Crippen LogP contribution in [-0.2, 0) is 36.6 Å². The molecule has 8 heteroatoms. The van der Waals surface area contributed by atoms with E-state index in [4.69, 9.17) is 18.6 Å². The fraction of sp³-hybridized carbons (Fsp3) is 0.296. The predicted molar refractivity (Wildman–Crippen MR) is 129 cm³/mol. The van der Waals surface area contributed by atoms with Crippen molar-refractivity contribution in [3.8, 4) is 11.1 Å². The first-order valence-corrected chi connectivity index (χ1v) is 11.5. The fourth-order valence-corrected chi connectivity index (χ4v) is 4.72. The third-order valence-corrected chi connectivity index (χ3v) is 6.52. The van der Waals surface area contributed by atoms with E-state index in [0.717, 1.165) is 30.2 Å². The molecule has 0 bridgehead atoms. The molecule has 2 heterocycles. The number of carbonyl (C=O) groups excluding carboxylic acids is 2. The highest BCUT2D eigenvalue weighted by atomic mass is 16.5. The highest BCUT2D eigenvalue weighted by Gasteiger charge is 2.32. The summed E-state index contributed by atoms with van der Waals surface area (Å²) in [5.41, 5.74) is 4.47. The van der Waals surface area contributed by atoms with Crippen LogP contribution >= 0.6 is 0 Å². The van der Waals surface area contributed by atoms with Gasteiger partial charge in [-0.3, -0.25) is 0 Å². The first-order chi connectivity index (χ1) is 17.0. The van der Waals surface area contributed by atoms with Crippen molar-refractivity contribution in [2.24, 2.45) is 0 Å². The van der Waals surface area contributed by atoms with E-state index in [2.05, 4.69) is 12.1 Å². The van der Waals surface area contributed by atoms with Gasteiger partial charge in [0.2, 0.25) is 0 Å². The van der Waals surface area contributed by atoms with Crippen LogP contribution in [0.15, 0.2) is 62.9 Å². The number of hydrogen-bond acceptors (Lipinski definition) is 8. The molecule has 0 radical (unpaired) electrons. The maximum absolute atomic E-state index is 12.9. The molecule has 5 rings (SSSR count). The van der Waals surface area contributed by atoms with Crippen molar-refractivity contribution < 1.29 is 28.2 Å². The Balaban J connectivity index is 1.56. The second kappa shape index (κ2) is 9.38. The normalized spacial score (nSPS) is 15.7. The van der Waals surface area contributed by atoms with Crippen LogP contribution in [0.5, 0.6) is 0 Å². The van der Waals surface area contributed by atoms with Crippen LogP contribution in [0.25, 0.3) is 22.1 Å². The summed E-state index contributed by atoms with van der Waals surface area (Å²) < 4.78 is 20.9. The predicted octanol–water partition coefficient (Wildman–Crippen LogP) is 3.73. The van der Waals surface area contributed by atoms with Crippen LogP contribution in [0.2, 0.25) is 0 Å². The molecule has 0 unspecified atom stereocenters. The minimum atomic E-state index is -0.696. The third-order valence-electron chi connectivity index (χ3n) is 6.52. The Labute approximate surface area is 201 Å². The molecule has 2 aliphatic rings. The lowest BCUT2D eigenvalue weighted by Crippen LogP contribution is -2.38. The van der Waals surface area contributed by atoms with Crippen LogP contribution in [0.3, 0.4) is 0 Å². The smallest absolute Gasteiger partial charge is 0.355 e. The Kier molecular flexibility index (Phi) is 6.13. The highest BCUT2D eigenvalue weighted by molar-refractivity contribution is 6.03. The van der Waals surface area contributed by atoms with E-state index in [9.17, 15) is 14.4 Å². The van der Waals surface area contributed by atoms with Gasteiger partial charge in [0.15, 0.2) is 0 Å². The van der Waals surface area contributed by atoms with Crippen molar-refractivity contribution in [2.75, 3.05) is 32.5 Å². The number of benzene rings is 2. The summed E-state index contributed by atoms with van der Waals surface area (Å²) in [7, 11) is 2.47.